The number of nitrogens with one attached hydrogen (secondary N) is 1. The minimum atomic E-state index is -0.691. The summed E-state index contributed by atoms with van der Waals surface area (Å²) >= 11 is 7.27. The van der Waals surface area contributed by atoms with E-state index in [0.717, 1.165) is 11.1 Å². The van der Waals surface area contributed by atoms with Crippen LogP contribution in [0.2, 0.25) is 5.02 Å². The average Bonchev–Trinajstić information content (AvgIpc) is 3.57. The van der Waals surface area contributed by atoms with Crippen molar-refractivity contribution in [3.8, 4) is 17.1 Å². The number of furan rings is 1. The summed E-state index contributed by atoms with van der Waals surface area (Å²) in [4.78, 5) is 32.8. The van der Waals surface area contributed by atoms with Crippen LogP contribution in [-0.2, 0) is 4.79 Å². The lowest BCUT2D eigenvalue weighted by atomic mass is 9.95. The normalized spacial score (nSPS) is 14.9. The number of carbonyl (C=O) groups is 1. The number of fused-ring (bicyclic) bond motifs is 1. The molecule has 0 saturated heterocycles. The Hall–Kier alpha value is -4.66. The number of ether oxygens (including phenoxy) is 1. The first-order valence-electron chi connectivity index (χ1n) is 12.8. The van der Waals surface area contributed by atoms with Gasteiger partial charge in [0, 0.05) is 22.3 Å². The number of para-hydroxylation sites is 1. The third-order valence-corrected chi connectivity index (χ3v) is 7.99. The van der Waals surface area contributed by atoms with Gasteiger partial charge in [0.15, 0.2) is 4.80 Å². The Labute approximate surface area is 244 Å². The van der Waals surface area contributed by atoms with Crippen molar-refractivity contribution in [3.63, 3.8) is 0 Å². The fourth-order valence-corrected chi connectivity index (χ4v) is 5.91. The Balaban J connectivity index is 1.45. The largest absolute Gasteiger partial charge is 0.497 e. The molecule has 1 aliphatic heterocycles. The molecule has 3 aromatic carbocycles. The number of anilines is 1. The number of amides is 1. The van der Waals surface area contributed by atoms with Crippen LogP contribution in [0.3, 0.4) is 0 Å². The number of hydrogen-bond donors (Lipinski definition) is 1. The van der Waals surface area contributed by atoms with Gasteiger partial charge < -0.3 is 14.5 Å². The van der Waals surface area contributed by atoms with Gasteiger partial charge in [-0.2, -0.15) is 0 Å². The van der Waals surface area contributed by atoms with Crippen LogP contribution in [0, 0.1) is 0 Å². The number of allylic oxidation sites excluding steroid dienone is 1. The molecule has 9 heteroatoms. The number of carbonyl (C=O) groups excluding carboxylic acids is 1. The highest BCUT2D eigenvalue weighted by molar-refractivity contribution is 7.07. The van der Waals surface area contributed by atoms with E-state index >= 15 is 0 Å². The van der Waals surface area contributed by atoms with E-state index in [-0.39, 0.29) is 11.5 Å². The van der Waals surface area contributed by atoms with E-state index in [1.54, 1.807) is 36.8 Å². The first-order chi connectivity index (χ1) is 19.9. The van der Waals surface area contributed by atoms with Crippen LogP contribution in [0.25, 0.3) is 17.4 Å². The van der Waals surface area contributed by atoms with Crippen LogP contribution in [0.5, 0.6) is 5.75 Å². The lowest BCUT2D eigenvalue weighted by Gasteiger charge is -2.25. The molecule has 1 atom stereocenters. The molecule has 0 aliphatic carbocycles. The summed E-state index contributed by atoms with van der Waals surface area (Å²) in [5.41, 5.74) is 2.94. The standard InChI is InChI=1S/C32H24ClN3O4S/c1-19-28(30(37)35-23-6-4-3-5-7-23)29(21-10-14-24(39-2)15-11-21)36-31(38)27(41-32(36)34-19)18-25-16-17-26(40-25)20-8-12-22(33)13-9-20/h3-18,29H,1-2H3,(H,35,37)/b27-18+/t29-/m0/s1. The van der Waals surface area contributed by atoms with Gasteiger partial charge >= 0.3 is 0 Å². The van der Waals surface area contributed by atoms with Crippen LogP contribution < -0.4 is 24.9 Å². The summed E-state index contributed by atoms with van der Waals surface area (Å²) in [5.74, 6) is 1.53. The minimum Gasteiger partial charge on any atom is -0.497 e. The van der Waals surface area contributed by atoms with Crippen molar-refractivity contribution in [1.29, 1.82) is 0 Å². The lowest BCUT2D eigenvalue weighted by Crippen LogP contribution is -2.40. The third-order valence-electron chi connectivity index (χ3n) is 6.76. The number of aromatic nitrogens is 1. The fraction of sp³-hybridized carbons (Fsp3) is 0.0938. The van der Waals surface area contributed by atoms with Gasteiger partial charge in [-0.3, -0.25) is 14.2 Å². The van der Waals surface area contributed by atoms with E-state index in [2.05, 4.69) is 5.32 Å². The smallest absolute Gasteiger partial charge is 0.271 e. The van der Waals surface area contributed by atoms with E-state index in [9.17, 15) is 9.59 Å². The molecule has 1 N–H and O–H groups in total. The average molecular weight is 582 g/mol. The predicted molar refractivity (Wildman–Crippen MR) is 161 cm³/mol. The molecule has 0 unspecified atom stereocenters. The van der Waals surface area contributed by atoms with Crippen LogP contribution in [0.1, 0.15) is 24.3 Å². The zero-order valence-corrected chi connectivity index (χ0v) is 23.7. The third kappa shape index (κ3) is 5.27. The van der Waals surface area contributed by atoms with E-state index in [1.165, 1.54) is 11.3 Å². The number of rotatable bonds is 6. The Morgan fingerprint density at radius 3 is 2.46 bits per heavy atom. The number of halogens is 1. The zero-order chi connectivity index (χ0) is 28.5. The lowest BCUT2D eigenvalue weighted by molar-refractivity contribution is -0.113. The maximum Gasteiger partial charge on any atom is 0.271 e. The maximum atomic E-state index is 13.9. The number of methoxy groups -OCH3 is 1. The van der Waals surface area contributed by atoms with Gasteiger partial charge in [-0.25, -0.2) is 4.99 Å². The van der Waals surface area contributed by atoms with Crippen LogP contribution >= 0.6 is 22.9 Å². The second-order valence-corrected chi connectivity index (χ2v) is 10.8. The van der Waals surface area contributed by atoms with E-state index < -0.39 is 6.04 Å². The summed E-state index contributed by atoms with van der Waals surface area (Å²) in [6, 6.07) is 26.9. The Kier molecular flexibility index (Phi) is 7.17. The molecular formula is C32H24ClN3O4S. The SMILES string of the molecule is COc1ccc([C@H]2C(C(=O)Nc3ccccc3)=C(C)N=c3s/c(=C/c4ccc(-c5ccc(Cl)cc5)o4)c(=O)n32)cc1. The molecule has 5 aromatic rings. The number of benzene rings is 3. The van der Waals surface area contributed by atoms with Crippen molar-refractivity contribution in [2.24, 2.45) is 4.99 Å². The van der Waals surface area contributed by atoms with Crippen molar-refractivity contribution >= 4 is 40.6 Å². The summed E-state index contributed by atoms with van der Waals surface area (Å²) in [6.07, 6.45) is 1.71. The van der Waals surface area contributed by atoms with Gasteiger partial charge in [-0.15, -0.1) is 0 Å². The molecule has 0 bridgehead atoms. The predicted octanol–water partition coefficient (Wildman–Crippen LogP) is 5.80. The van der Waals surface area contributed by atoms with Crippen molar-refractivity contribution in [1.82, 2.24) is 4.57 Å². The number of hydrogen-bond acceptors (Lipinski definition) is 6. The summed E-state index contributed by atoms with van der Waals surface area (Å²) in [5, 5.41) is 3.60. The van der Waals surface area contributed by atoms with Gasteiger partial charge in [-0.1, -0.05) is 53.3 Å². The molecular weight excluding hydrogens is 558 g/mol. The minimum absolute atomic E-state index is 0.267. The first kappa shape index (κ1) is 26.6. The van der Waals surface area contributed by atoms with Gasteiger partial charge in [-0.05, 0) is 73.2 Å². The van der Waals surface area contributed by atoms with E-state index in [0.29, 0.717) is 48.6 Å². The number of nitrogens with zero attached hydrogens (tertiary/aromatic N) is 2. The van der Waals surface area contributed by atoms with Crippen molar-refractivity contribution < 1.29 is 13.9 Å². The van der Waals surface area contributed by atoms with Crippen molar-refractivity contribution in [3.05, 3.63) is 138 Å². The van der Waals surface area contributed by atoms with Crippen LogP contribution in [0.4, 0.5) is 5.69 Å². The molecule has 41 heavy (non-hydrogen) atoms. The second kappa shape index (κ2) is 11.1. The van der Waals surface area contributed by atoms with Gasteiger partial charge in [0.25, 0.3) is 11.5 Å². The topological polar surface area (TPSA) is 85.8 Å². The Morgan fingerprint density at radius 1 is 1.02 bits per heavy atom. The molecule has 204 valence electrons. The van der Waals surface area contributed by atoms with Crippen molar-refractivity contribution in [2.75, 3.05) is 12.4 Å². The van der Waals surface area contributed by atoms with Crippen molar-refractivity contribution in [2.45, 2.75) is 13.0 Å². The molecule has 3 heterocycles. The van der Waals surface area contributed by atoms with E-state index in [4.69, 9.17) is 25.7 Å². The molecule has 0 fully saturated rings. The molecule has 0 spiro atoms. The number of thiazole rings is 1. The summed E-state index contributed by atoms with van der Waals surface area (Å²) in [7, 11) is 1.59. The quantitative estimate of drug-likeness (QED) is 0.275. The van der Waals surface area contributed by atoms with E-state index in [1.807, 2.05) is 78.9 Å². The van der Waals surface area contributed by atoms with Crippen LogP contribution in [-0.4, -0.2) is 17.6 Å². The molecule has 1 aliphatic rings. The maximum absolute atomic E-state index is 13.9. The van der Waals surface area contributed by atoms with Gasteiger partial charge in [0.05, 0.1) is 29.0 Å². The zero-order valence-electron chi connectivity index (χ0n) is 22.1. The molecule has 1 amide bonds. The molecule has 2 aromatic heterocycles. The first-order valence-corrected chi connectivity index (χ1v) is 14.0. The molecule has 7 nitrogen and oxygen atoms in total. The van der Waals surface area contributed by atoms with Gasteiger partial charge in [0.1, 0.15) is 17.3 Å². The second-order valence-electron chi connectivity index (χ2n) is 9.38. The molecule has 0 radical (unpaired) electrons. The highest BCUT2D eigenvalue weighted by Gasteiger charge is 2.32. The summed E-state index contributed by atoms with van der Waals surface area (Å²) in [6.45, 7) is 1.79. The van der Waals surface area contributed by atoms with Gasteiger partial charge in [0.2, 0.25) is 0 Å². The Bertz CT molecular complexity index is 1950. The highest BCUT2D eigenvalue weighted by atomic mass is 35.5. The molecule has 6 rings (SSSR count). The Morgan fingerprint density at radius 2 is 1.76 bits per heavy atom. The van der Waals surface area contributed by atoms with Crippen LogP contribution in [0.15, 0.2) is 116 Å². The highest BCUT2D eigenvalue weighted by Crippen LogP contribution is 2.32. The summed E-state index contributed by atoms with van der Waals surface area (Å²) < 4.78 is 13.4. The monoisotopic (exact) mass is 581 g/mol. The molecule has 0 saturated carbocycles. The fourth-order valence-electron chi connectivity index (χ4n) is 4.76.